The van der Waals surface area contributed by atoms with Crippen LogP contribution in [0.4, 0.5) is 0 Å². The Balaban J connectivity index is 1.73. The zero-order valence-corrected chi connectivity index (χ0v) is 14.1. The smallest absolute Gasteiger partial charge is 0.309 e. The monoisotopic (exact) mass is 310 g/mol. The van der Waals surface area contributed by atoms with Crippen LogP contribution in [0.5, 0.6) is 0 Å². The van der Waals surface area contributed by atoms with Crippen molar-refractivity contribution >= 4 is 11.9 Å². The lowest BCUT2D eigenvalue weighted by Gasteiger charge is -2.35. The maximum Gasteiger partial charge on any atom is 0.309 e. The minimum Gasteiger partial charge on any atom is -0.466 e. The number of ether oxygens (including phenoxy) is 1. The molecule has 1 saturated heterocycles. The lowest BCUT2D eigenvalue weighted by molar-refractivity contribution is -0.151. The Morgan fingerprint density at radius 3 is 2.32 bits per heavy atom. The van der Waals surface area contributed by atoms with Crippen LogP contribution in [0, 0.1) is 5.92 Å². The fraction of sp³-hybridized carbons (Fsp3) is 0.882. The number of hydrogen-bond donors (Lipinski definition) is 0. The van der Waals surface area contributed by atoms with E-state index < -0.39 is 0 Å². The SMILES string of the molecule is CCOC(=O)C1CCN(C(=O)CN(C)C2CCCCC2)CC1. The van der Waals surface area contributed by atoms with Gasteiger partial charge in [-0.15, -0.1) is 0 Å². The highest BCUT2D eigenvalue weighted by Gasteiger charge is 2.29. The topological polar surface area (TPSA) is 49.9 Å². The molecule has 0 radical (unpaired) electrons. The third-order valence-electron chi connectivity index (χ3n) is 5.05. The molecule has 5 heteroatoms. The predicted octanol–water partition coefficient (Wildman–Crippen LogP) is 2.05. The van der Waals surface area contributed by atoms with Gasteiger partial charge in [-0.1, -0.05) is 19.3 Å². The first-order chi connectivity index (χ1) is 10.6. The second kappa shape index (κ2) is 8.51. The van der Waals surface area contributed by atoms with E-state index in [0.29, 0.717) is 32.3 Å². The number of piperidine rings is 1. The highest BCUT2D eigenvalue weighted by atomic mass is 16.5. The van der Waals surface area contributed by atoms with Gasteiger partial charge in [-0.05, 0) is 39.7 Å². The molecule has 0 aromatic heterocycles. The molecular formula is C17H30N2O3. The van der Waals surface area contributed by atoms with Crippen LogP contribution in [0.2, 0.25) is 0 Å². The molecule has 0 N–H and O–H groups in total. The summed E-state index contributed by atoms with van der Waals surface area (Å²) in [5.74, 6) is 0.0735. The van der Waals surface area contributed by atoms with Crippen LogP contribution in [0.3, 0.4) is 0 Å². The molecule has 1 saturated carbocycles. The van der Waals surface area contributed by atoms with Crippen LogP contribution in [-0.4, -0.2) is 61.0 Å². The number of likely N-dealkylation sites (tertiary alicyclic amines) is 1. The van der Waals surface area contributed by atoms with E-state index in [0.717, 1.165) is 12.8 Å². The second-order valence-corrected chi connectivity index (χ2v) is 6.61. The Bertz CT molecular complexity index is 372. The van der Waals surface area contributed by atoms with E-state index >= 15 is 0 Å². The summed E-state index contributed by atoms with van der Waals surface area (Å²) in [6, 6.07) is 0.565. The van der Waals surface area contributed by atoms with E-state index in [-0.39, 0.29) is 17.8 Å². The van der Waals surface area contributed by atoms with Gasteiger partial charge in [-0.2, -0.15) is 0 Å². The number of rotatable bonds is 5. The molecular weight excluding hydrogens is 280 g/mol. The lowest BCUT2D eigenvalue weighted by Crippen LogP contribution is -2.46. The molecule has 126 valence electrons. The van der Waals surface area contributed by atoms with E-state index in [4.69, 9.17) is 4.74 Å². The Kier molecular flexibility index (Phi) is 6.68. The Morgan fingerprint density at radius 2 is 1.73 bits per heavy atom. The summed E-state index contributed by atoms with van der Waals surface area (Å²) < 4.78 is 5.07. The summed E-state index contributed by atoms with van der Waals surface area (Å²) in [6.07, 6.45) is 7.81. The van der Waals surface area contributed by atoms with Crippen molar-refractivity contribution in [2.24, 2.45) is 5.92 Å². The quantitative estimate of drug-likeness (QED) is 0.729. The van der Waals surface area contributed by atoms with Gasteiger partial charge in [-0.3, -0.25) is 14.5 Å². The van der Waals surface area contributed by atoms with Crippen molar-refractivity contribution in [2.45, 2.75) is 57.9 Å². The van der Waals surface area contributed by atoms with Crippen LogP contribution in [0.1, 0.15) is 51.9 Å². The summed E-state index contributed by atoms with van der Waals surface area (Å²) in [5.41, 5.74) is 0. The van der Waals surface area contributed by atoms with Gasteiger partial charge >= 0.3 is 5.97 Å². The van der Waals surface area contributed by atoms with Crippen molar-refractivity contribution in [3.05, 3.63) is 0 Å². The number of hydrogen-bond acceptors (Lipinski definition) is 4. The van der Waals surface area contributed by atoms with Gasteiger partial charge in [0, 0.05) is 19.1 Å². The zero-order valence-electron chi connectivity index (χ0n) is 14.1. The van der Waals surface area contributed by atoms with Gasteiger partial charge in [0.2, 0.25) is 5.91 Å². The van der Waals surface area contributed by atoms with Crippen molar-refractivity contribution in [3.63, 3.8) is 0 Å². The van der Waals surface area contributed by atoms with Crippen LogP contribution in [-0.2, 0) is 14.3 Å². The van der Waals surface area contributed by atoms with Gasteiger partial charge in [-0.25, -0.2) is 0 Å². The molecule has 0 bridgehead atoms. The molecule has 1 aliphatic carbocycles. The third-order valence-corrected chi connectivity index (χ3v) is 5.05. The molecule has 5 nitrogen and oxygen atoms in total. The van der Waals surface area contributed by atoms with Gasteiger partial charge in [0.05, 0.1) is 19.1 Å². The fourth-order valence-corrected chi connectivity index (χ4v) is 3.59. The number of likely N-dealkylation sites (N-methyl/N-ethyl adjacent to an activating group) is 1. The summed E-state index contributed by atoms with van der Waals surface area (Å²) in [6.45, 7) is 4.14. The average Bonchev–Trinajstić information content (AvgIpc) is 2.56. The number of nitrogens with zero attached hydrogens (tertiary/aromatic N) is 2. The molecule has 0 aromatic carbocycles. The molecule has 2 rings (SSSR count). The van der Waals surface area contributed by atoms with E-state index in [1.807, 2.05) is 11.8 Å². The number of carbonyl (C=O) groups excluding carboxylic acids is 2. The van der Waals surface area contributed by atoms with Gasteiger partial charge in [0.15, 0.2) is 0 Å². The van der Waals surface area contributed by atoms with Gasteiger partial charge in [0.1, 0.15) is 0 Å². The molecule has 0 spiro atoms. The molecule has 2 fully saturated rings. The fourth-order valence-electron chi connectivity index (χ4n) is 3.59. The first-order valence-electron chi connectivity index (χ1n) is 8.76. The van der Waals surface area contributed by atoms with Crippen molar-refractivity contribution in [3.8, 4) is 0 Å². The number of carbonyl (C=O) groups is 2. The molecule has 0 aromatic rings. The van der Waals surface area contributed by atoms with Crippen molar-refractivity contribution in [1.29, 1.82) is 0 Å². The van der Waals surface area contributed by atoms with Crippen LogP contribution in [0.25, 0.3) is 0 Å². The standard InChI is InChI=1S/C17H30N2O3/c1-3-22-17(21)14-9-11-19(12-10-14)16(20)13-18(2)15-7-5-4-6-8-15/h14-15H,3-13H2,1-2H3. The first kappa shape index (κ1) is 17.3. The molecule has 1 aliphatic heterocycles. The second-order valence-electron chi connectivity index (χ2n) is 6.61. The molecule has 2 aliphatic rings. The zero-order chi connectivity index (χ0) is 15.9. The van der Waals surface area contributed by atoms with E-state index in [1.165, 1.54) is 32.1 Å². The highest BCUT2D eigenvalue weighted by Crippen LogP contribution is 2.22. The van der Waals surface area contributed by atoms with E-state index in [1.54, 1.807) is 0 Å². The normalized spacial score (nSPS) is 21.1. The summed E-state index contributed by atoms with van der Waals surface area (Å²) in [5, 5.41) is 0. The predicted molar refractivity (Wildman–Crippen MR) is 85.4 cm³/mol. The number of amides is 1. The van der Waals surface area contributed by atoms with Crippen molar-refractivity contribution < 1.29 is 14.3 Å². The molecule has 1 amide bonds. The highest BCUT2D eigenvalue weighted by molar-refractivity contribution is 5.79. The third kappa shape index (κ3) is 4.70. The van der Waals surface area contributed by atoms with Gasteiger partial charge < -0.3 is 9.64 Å². The minimum atomic E-state index is -0.103. The molecule has 0 atom stereocenters. The Morgan fingerprint density at radius 1 is 1.09 bits per heavy atom. The average molecular weight is 310 g/mol. The summed E-state index contributed by atoms with van der Waals surface area (Å²) in [7, 11) is 2.07. The van der Waals surface area contributed by atoms with Crippen molar-refractivity contribution in [2.75, 3.05) is 33.3 Å². The first-order valence-corrected chi connectivity index (χ1v) is 8.76. The summed E-state index contributed by atoms with van der Waals surface area (Å²) in [4.78, 5) is 28.3. The Labute approximate surface area is 134 Å². The maximum absolute atomic E-state index is 12.4. The van der Waals surface area contributed by atoms with Crippen LogP contribution < -0.4 is 0 Å². The van der Waals surface area contributed by atoms with E-state index in [9.17, 15) is 9.59 Å². The van der Waals surface area contributed by atoms with E-state index in [2.05, 4.69) is 11.9 Å². The van der Waals surface area contributed by atoms with Gasteiger partial charge in [0.25, 0.3) is 0 Å². The molecule has 22 heavy (non-hydrogen) atoms. The van der Waals surface area contributed by atoms with Crippen LogP contribution in [0.15, 0.2) is 0 Å². The molecule has 1 heterocycles. The van der Waals surface area contributed by atoms with Crippen molar-refractivity contribution in [1.82, 2.24) is 9.80 Å². The van der Waals surface area contributed by atoms with Crippen LogP contribution >= 0.6 is 0 Å². The minimum absolute atomic E-state index is 0.0277. The number of esters is 1. The largest absolute Gasteiger partial charge is 0.466 e. The Hall–Kier alpha value is -1.10. The maximum atomic E-state index is 12.4. The molecule has 0 unspecified atom stereocenters. The lowest BCUT2D eigenvalue weighted by atomic mass is 9.94. The summed E-state index contributed by atoms with van der Waals surface area (Å²) >= 11 is 0.